The van der Waals surface area contributed by atoms with Gasteiger partial charge >= 0.3 is 6.09 Å². The standard InChI is InChI=1S/C24H33N5O2/c1-15(2)19-14-25-29-21(19)27-20(26-16(3)4)18(13-17-11-9-8-10-12-17)22(29)31-23(30)28-24(5,6)7/h8-12,14-16H,13H2,1-7H3,(H,26,27)(H,28,30). The Balaban J connectivity index is 2.20. The van der Waals surface area contributed by atoms with Crippen LogP contribution in [0.3, 0.4) is 0 Å². The highest BCUT2D eigenvalue weighted by Gasteiger charge is 2.25. The fraction of sp³-hybridized carbons (Fsp3) is 0.458. The molecule has 0 fully saturated rings. The van der Waals surface area contributed by atoms with E-state index in [4.69, 9.17) is 9.72 Å². The van der Waals surface area contributed by atoms with Crippen molar-refractivity contribution in [3.05, 3.63) is 53.2 Å². The Morgan fingerprint density at radius 2 is 1.81 bits per heavy atom. The zero-order valence-electron chi connectivity index (χ0n) is 19.5. The first-order valence-corrected chi connectivity index (χ1v) is 10.8. The van der Waals surface area contributed by atoms with Crippen molar-refractivity contribution >= 4 is 17.6 Å². The highest BCUT2D eigenvalue weighted by Crippen LogP contribution is 2.32. The van der Waals surface area contributed by atoms with E-state index >= 15 is 0 Å². The van der Waals surface area contributed by atoms with E-state index in [2.05, 4.69) is 43.4 Å². The lowest BCUT2D eigenvalue weighted by Crippen LogP contribution is -2.42. The van der Waals surface area contributed by atoms with Gasteiger partial charge in [0.1, 0.15) is 5.82 Å². The van der Waals surface area contributed by atoms with Crippen molar-refractivity contribution in [1.82, 2.24) is 19.9 Å². The Morgan fingerprint density at radius 3 is 2.39 bits per heavy atom. The number of carbonyl (C=O) groups is 1. The van der Waals surface area contributed by atoms with E-state index in [1.54, 1.807) is 10.7 Å². The third-order valence-electron chi connectivity index (χ3n) is 4.66. The smallest absolute Gasteiger partial charge is 0.391 e. The molecule has 0 bridgehead atoms. The molecule has 0 unspecified atom stereocenters. The van der Waals surface area contributed by atoms with E-state index in [1.165, 1.54) is 0 Å². The van der Waals surface area contributed by atoms with Crippen LogP contribution in [0.4, 0.5) is 10.6 Å². The number of nitrogens with zero attached hydrogens (tertiary/aromatic N) is 3. The Hall–Kier alpha value is -3.09. The van der Waals surface area contributed by atoms with E-state index in [1.807, 2.05) is 51.1 Å². The second-order valence-corrected chi connectivity index (χ2v) is 9.46. The van der Waals surface area contributed by atoms with Gasteiger partial charge in [-0.1, -0.05) is 44.2 Å². The maximum Gasteiger partial charge on any atom is 0.414 e. The SMILES string of the molecule is CC(C)Nc1nc2c(C(C)C)cnn2c(OC(=O)NC(C)(C)C)c1Cc1ccccc1. The van der Waals surface area contributed by atoms with Crippen molar-refractivity contribution in [1.29, 1.82) is 0 Å². The number of nitrogens with one attached hydrogen (secondary N) is 2. The minimum absolute atomic E-state index is 0.158. The molecule has 2 N–H and O–H groups in total. The normalized spacial score (nSPS) is 11.9. The molecule has 0 aliphatic rings. The van der Waals surface area contributed by atoms with Crippen molar-refractivity contribution < 1.29 is 9.53 Å². The summed E-state index contributed by atoms with van der Waals surface area (Å²) in [7, 11) is 0. The van der Waals surface area contributed by atoms with Crippen LogP contribution in [0.5, 0.6) is 5.88 Å². The van der Waals surface area contributed by atoms with Gasteiger partial charge in [-0.25, -0.2) is 9.78 Å². The van der Waals surface area contributed by atoms with Crippen LogP contribution >= 0.6 is 0 Å². The van der Waals surface area contributed by atoms with Gasteiger partial charge in [-0.15, -0.1) is 0 Å². The van der Waals surface area contributed by atoms with Crippen LogP contribution in [-0.2, 0) is 6.42 Å². The maximum atomic E-state index is 12.7. The zero-order valence-corrected chi connectivity index (χ0v) is 19.5. The second-order valence-electron chi connectivity index (χ2n) is 9.46. The lowest BCUT2D eigenvalue weighted by molar-refractivity contribution is 0.187. The minimum Gasteiger partial charge on any atom is -0.391 e. The zero-order chi connectivity index (χ0) is 22.8. The van der Waals surface area contributed by atoms with E-state index in [-0.39, 0.29) is 12.0 Å². The minimum atomic E-state index is -0.522. The fourth-order valence-electron chi connectivity index (χ4n) is 3.30. The van der Waals surface area contributed by atoms with Crippen molar-refractivity contribution in [2.45, 2.75) is 72.4 Å². The van der Waals surface area contributed by atoms with Crippen molar-refractivity contribution in [3.8, 4) is 5.88 Å². The van der Waals surface area contributed by atoms with E-state index in [9.17, 15) is 4.79 Å². The predicted molar refractivity (Wildman–Crippen MR) is 124 cm³/mol. The molecular formula is C24H33N5O2. The molecule has 31 heavy (non-hydrogen) atoms. The van der Waals surface area contributed by atoms with Gasteiger partial charge < -0.3 is 15.4 Å². The number of fused-ring (bicyclic) bond motifs is 1. The summed E-state index contributed by atoms with van der Waals surface area (Å²) in [5.41, 5.74) is 3.14. The van der Waals surface area contributed by atoms with Crippen LogP contribution < -0.4 is 15.4 Å². The molecule has 0 aliphatic carbocycles. The molecule has 0 spiro atoms. The average Bonchev–Trinajstić information content (AvgIpc) is 3.07. The first kappa shape index (κ1) is 22.6. The monoisotopic (exact) mass is 423 g/mol. The summed E-state index contributed by atoms with van der Waals surface area (Å²) in [5, 5.41) is 10.8. The Kier molecular flexibility index (Phi) is 6.53. The van der Waals surface area contributed by atoms with Crippen LogP contribution in [-0.4, -0.2) is 32.3 Å². The molecule has 1 amide bonds. The van der Waals surface area contributed by atoms with Gasteiger partial charge in [0.25, 0.3) is 0 Å². The Labute approximate surface area is 184 Å². The van der Waals surface area contributed by atoms with Crippen LogP contribution in [0.1, 0.15) is 71.1 Å². The van der Waals surface area contributed by atoms with Gasteiger partial charge in [-0.3, -0.25) is 0 Å². The molecule has 2 heterocycles. The van der Waals surface area contributed by atoms with Gasteiger partial charge in [-0.2, -0.15) is 9.61 Å². The number of benzene rings is 1. The number of ether oxygens (including phenoxy) is 1. The maximum absolute atomic E-state index is 12.7. The number of aromatic nitrogens is 3. The lowest BCUT2D eigenvalue weighted by atomic mass is 10.1. The van der Waals surface area contributed by atoms with Crippen LogP contribution in [0.25, 0.3) is 5.65 Å². The highest BCUT2D eigenvalue weighted by atomic mass is 16.6. The summed E-state index contributed by atoms with van der Waals surface area (Å²) < 4.78 is 7.53. The van der Waals surface area contributed by atoms with Crippen molar-refractivity contribution in [2.75, 3.05) is 5.32 Å². The van der Waals surface area contributed by atoms with Gasteiger partial charge in [0.15, 0.2) is 5.65 Å². The molecule has 0 aliphatic heterocycles. The number of hydrogen-bond acceptors (Lipinski definition) is 5. The summed E-state index contributed by atoms with van der Waals surface area (Å²) in [5.74, 6) is 1.31. The summed E-state index contributed by atoms with van der Waals surface area (Å²) >= 11 is 0. The summed E-state index contributed by atoms with van der Waals surface area (Å²) in [6.07, 6.45) is 1.83. The number of amides is 1. The lowest BCUT2D eigenvalue weighted by Gasteiger charge is -2.22. The van der Waals surface area contributed by atoms with Crippen molar-refractivity contribution in [2.24, 2.45) is 0 Å². The summed E-state index contributed by atoms with van der Waals surface area (Å²) in [6.45, 7) is 14.1. The quantitative estimate of drug-likeness (QED) is 0.573. The molecule has 0 saturated heterocycles. The average molecular weight is 424 g/mol. The molecule has 3 rings (SSSR count). The van der Waals surface area contributed by atoms with E-state index in [0.717, 1.165) is 16.7 Å². The van der Waals surface area contributed by atoms with E-state index < -0.39 is 11.6 Å². The molecule has 3 aromatic rings. The largest absolute Gasteiger partial charge is 0.414 e. The molecule has 1 aromatic carbocycles. The Morgan fingerprint density at radius 1 is 1.13 bits per heavy atom. The molecule has 0 saturated carbocycles. The molecule has 7 heteroatoms. The molecule has 0 atom stereocenters. The molecular weight excluding hydrogens is 390 g/mol. The van der Waals surface area contributed by atoms with Crippen molar-refractivity contribution in [3.63, 3.8) is 0 Å². The first-order valence-electron chi connectivity index (χ1n) is 10.8. The summed E-state index contributed by atoms with van der Waals surface area (Å²) in [4.78, 5) is 17.6. The molecule has 166 valence electrons. The number of rotatable bonds is 6. The topological polar surface area (TPSA) is 80.6 Å². The Bertz CT molecular complexity index is 1050. The number of hydrogen-bond donors (Lipinski definition) is 2. The van der Waals surface area contributed by atoms with Gasteiger partial charge in [0.2, 0.25) is 5.88 Å². The van der Waals surface area contributed by atoms with Gasteiger partial charge in [0.05, 0.1) is 11.8 Å². The third kappa shape index (κ3) is 5.54. The molecule has 7 nitrogen and oxygen atoms in total. The third-order valence-corrected chi connectivity index (χ3v) is 4.66. The molecule has 0 radical (unpaired) electrons. The first-order chi connectivity index (χ1) is 14.5. The molecule has 2 aromatic heterocycles. The number of carbonyl (C=O) groups excluding carboxylic acids is 1. The van der Waals surface area contributed by atoms with Gasteiger partial charge in [-0.05, 0) is 46.1 Å². The van der Waals surface area contributed by atoms with Crippen LogP contribution in [0.15, 0.2) is 36.5 Å². The van der Waals surface area contributed by atoms with Crippen LogP contribution in [0, 0.1) is 0 Å². The summed E-state index contributed by atoms with van der Waals surface area (Å²) in [6, 6.07) is 10.2. The van der Waals surface area contributed by atoms with Crippen LogP contribution in [0.2, 0.25) is 0 Å². The van der Waals surface area contributed by atoms with E-state index in [0.29, 0.717) is 23.8 Å². The second kappa shape index (κ2) is 8.96. The number of anilines is 1. The predicted octanol–water partition coefficient (Wildman–Crippen LogP) is 5.15. The van der Waals surface area contributed by atoms with Gasteiger partial charge in [0, 0.05) is 23.6 Å². The fourth-order valence-corrected chi connectivity index (χ4v) is 3.30. The highest BCUT2D eigenvalue weighted by molar-refractivity contribution is 5.73.